The van der Waals surface area contributed by atoms with Gasteiger partial charge in [-0.05, 0) is 89.9 Å². The van der Waals surface area contributed by atoms with Crippen molar-refractivity contribution >= 4 is 11.9 Å². The summed E-state index contributed by atoms with van der Waals surface area (Å²) in [6.07, 6.45) is 58.4. The SMILES string of the molecule is CC/C=C\C/C=C\C/C=C\C/C=C\CCCCCCCCCCCCC(=O)OC(COC(=O)CCCCCCCCCC/C=C\C/C=C\C/C=C\C/C=C\CC)COC1OC(CO)C(O)C(O)C1O. The van der Waals surface area contributed by atoms with E-state index in [1.165, 1.54) is 64.2 Å². The first kappa shape index (κ1) is 63.6. The summed E-state index contributed by atoms with van der Waals surface area (Å²) >= 11 is 0. The van der Waals surface area contributed by atoms with E-state index in [9.17, 15) is 30.0 Å². The van der Waals surface area contributed by atoms with Crippen LogP contribution in [0.25, 0.3) is 0 Å². The van der Waals surface area contributed by atoms with Gasteiger partial charge in [0.2, 0.25) is 0 Å². The van der Waals surface area contributed by atoms with Crippen LogP contribution in [-0.4, -0.2) is 89.0 Å². The summed E-state index contributed by atoms with van der Waals surface area (Å²) in [5.74, 6) is -0.824. The maximum absolute atomic E-state index is 12.9. The first-order valence-electron chi connectivity index (χ1n) is 27.3. The molecule has 1 fully saturated rings. The van der Waals surface area contributed by atoms with Gasteiger partial charge >= 0.3 is 11.9 Å². The van der Waals surface area contributed by atoms with Crippen LogP contribution in [0.5, 0.6) is 0 Å². The first-order valence-corrected chi connectivity index (χ1v) is 27.3. The zero-order valence-corrected chi connectivity index (χ0v) is 43.3. The van der Waals surface area contributed by atoms with Crippen LogP contribution in [0, 0.1) is 0 Å². The smallest absolute Gasteiger partial charge is 0.306 e. The fourth-order valence-corrected chi connectivity index (χ4v) is 7.76. The summed E-state index contributed by atoms with van der Waals surface area (Å²) in [6.45, 7) is 3.20. The van der Waals surface area contributed by atoms with Crippen molar-refractivity contribution in [2.24, 2.45) is 0 Å². The molecule has 0 spiro atoms. The van der Waals surface area contributed by atoms with Crippen molar-refractivity contribution in [2.75, 3.05) is 19.8 Å². The summed E-state index contributed by atoms with van der Waals surface area (Å²) in [5, 5.41) is 40.3. The highest BCUT2D eigenvalue weighted by molar-refractivity contribution is 5.70. The van der Waals surface area contributed by atoms with E-state index >= 15 is 0 Å². The number of carbonyl (C=O) groups excluding carboxylic acids is 2. The minimum Gasteiger partial charge on any atom is -0.462 e. The molecule has 10 heteroatoms. The Morgan fingerprint density at radius 1 is 0.449 bits per heavy atom. The third-order valence-corrected chi connectivity index (χ3v) is 12.0. The van der Waals surface area contributed by atoms with E-state index in [1.807, 2.05) is 0 Å². The highest BCUT2D eigenvalue weighted by Gasteiger charge is 2.44. The number of rotatable bonds is 45. The summed E-state index contributed by atoms with van der Waals surface area (Å²) < 4.78 is 22.3. The maximum Gasteiger partial charge on any atom is 0.306 e. The Kier molecular flexibility index (Phi) is 44.5. The van der Waals surface area contributed by atoms with Crippen molar-refractivity contribution < 1.29 is 49.0 Å². The van der Waals surface area contributed by atoms with Crippen molar-refractivity contribution in [2.45, 2.75) is 243 Å². The Labute approximate surface area is 419 Å². The zero-order chi connectivity index (χ0) is 50.1. The third kappa shape index (κ3) is 39.0. The number of aliphatic hydroxyl groups excluding tert-OH is 4. The van der Waals surface area contributed by atoms with Crippen LogP contribution in [0.1, 0.15) is 206 Å². The predicted octanol–water partition coefficient (Wildman–Crippen LogP) is 13.5. The lowest BCUT2D eigenvalue weighted by Gasteiger charge is -2.39. The quantitative estimate of drug-likeness (QED) is 0.0264. The molecule has 0 aromatic heterocycles. The lowest BCUT2D eigenvalue weighted by atomic mass is 9.99. The van der Waals surface area contributed by atoms with Gasteiger partial charge in [-0.15, -0.1) is 0 Å². The minimum absolute atomic E-state index is 0.217. The number of esters is 2. The van der Waals surface area contributed by atoms with Gasteiger partial charge in [-0.3, -0.25) is 9.59 Å². The van der Waals surface area contributed by atoms with Crippen LogP contribution < -0.4 is 0 Å². The lowest BCUT2D eigenvalue weighted by Crippen LogP contribution is -2.59. The molecule has 1 rings (SSSR count). The molecule has 1 heterocycles. The average Bonchev–Trinajstić information content (AvgIpc) is 3.35. The number of ether oxygens (including phenoxy) is 4. The van der Waals surface area contributed by atoms with Crippen LogP contribution in [0.4, 0.5) is 0 Å². The van der Waals surface area contributed by atoms with Crippen molar-refractivity contribution in [1.29, 1.82) is 0 Å². The molecule has 394 valence electrons. The number of allylic oxidation sites excluding steroid dienone is 16. The Morgan fingerprint density at radius 3 is 1.22 bits per heavy atom. The van der Waals surface area contributed by atoms with Crippen molar-refractivity contribution in [3.05, 3.63) is 97.2 Å². The van der Waals surface area contributed by atoms with Crippen molar-refractivity contribution in [3.63, 3.8) is 0 Å². The monoisotopic (exact) mass is 967 g/mol. The molecule has 0 saturated carbocycles. The summed E-state index contributed by atoms with van der Waals surface area (Å²) in [5.41, 5.74) is 0. The Hall–Kier alpha value is -3.38. The third-order valence-electron chi connectivity index (χ3n) is 12.0. The number of carbonyl (C=O) groups is 2. The fourth-order valence-electron chi connectivity index (χ4n) is 7.76. The molecule has 0 aromatic carbocycles. The molecule has 69 heavy (non-hydrogen) atoms. The van der Waals surface area contributed by atoms with E-state index < -0.39 is 49.4 Å². The van der Waals surface area contributed by atoms with Crippen LogP contribution in [0.2, 0.25) is 0 Å². The molecular weight excluding hydrogens is 869 g/mol. The lowest BCUT2D eigenvalue weighted by molar-refractivity contribution is -0.305. The van der Waals surface area contributed by atoms with Gasteiger partial charge in [0, 0.05) is 12.8 Å². The molecule has 0 aromatic rings. The largest absolute Gasteiger partial charge is 0.462 e. The number of hydrogen-bond donors (Lipinski definition) is 4. The Bertz CT molecular complexity index is 1440. The van der Waals surface area contributed by atoms with E-state index in [4.69, 9.17) is 18.9 Å². The maximum atomic E-state index is 12.9. The molecule has 1 saturated heterocycles. The van der Waals surface area contributed by atoms with Gasteiger partial charge in [-0.1, -0.05) is 201 Å². The normalized spacial score (nSPS) is 19.7. The molecule has 0 radical (unpaired) electrons. The Morgan fingerprint density at radius 2 is 0.812 bits per heavy atom. The van der Waals surface area contributed by atoms with Gasteiger partial charge in [0.25, 0.3) is 0 Å². The van der Waals surface area contributed by atoms with Crippen LogP contribution in [-0.2, 0) is 28.5 Å². The molecule has 1 aliphatic heterocycles. The van der Waals surface area contributed by atoms with Gasteiger partial charge in [0.1, 0.15) is 31.0 Å². The standard InChI is InChI=1S/C59H98O10/c1-3-5-7-9-11-13-15-17-19-21-23-25-26-28-30-32-34-36-38-40-42-44-46-48-55(62)68-52(51-67-59-58(65)57(64)56(63)53(49-60)69-59)50-66-54(61)47-45-43-41-39-37-35-33-31-29-27-24-22-20-18-16-14-12-10-8-6-4-2/h5-8,11-14,17-20,23-25,27,52-53,56-60,63-65H,3-4,9-10,15-16,21-22,26,28-51H2,1-2H3/b7-5-,8-6-,13-11-,14-12-,19-17-,20-18-,25-23-,27-24-. The van der Waals surface area contributed by atoms with E-state index in [-0.39, 0.29) is 32.0 Å². The molecule has 6 unspecified atom stereocenters. The van der Waals surface area contributed by atoms with E-state index in [0.29, 0.717) is 12.8 Å². The minimum atomic E-state index is -1.60. The second-order valence-electron chi connectivity index (χ2n) is 18.3. The molecule has 0 bridgehead atoms. The van der Waals surface area contributed by atoms with Gasteiger partial charge < -0.3 is 39.4 Å². The second kappa shape index (κ2) is 48.3. The van der Waals surface area contributed by atoms with E-state index in [0.717, 1.165) is 103 Å². The van der Waals surface area contributed by atoms with Gasteiger partial charge in [0.15, 0.2) is 12.4 Å². The summed E-state index contributed by atoms with van der Waals surface area (Å²) in [6, 6.07) is 0. The number of aliphatic hydroxyl groups is 4. The molecule has 0 aliphatic carbocycles. The molecule has 4 N–H and O–H groups in total. The van der Waals surface area contributed by atoms with E-state index in [2.05, 4.69) is 111 Å². The van der Waals surface area contributed by atoms with Crippen molar-refractivity contribution in [1.82, 2.24) is 0 Å². The predicted molar refractivity (Wildman–Crippen MR) is 284 cm³/mol. The zero-order valence-electron chi connectivity index (χ0n) is 43.3. The second-order valence-corrected chi connectivity index (χ2v) is 18.3. The summed E-state index contributed by atoms with van der Waals surface area (Å²) in [4.78, 5) is 25.5. The fraction of sp³-hybridized carbons (Fsp3) is 0.695. The number of hydrogen-bond acceptors (Lipinski definition) is 10. The van der Waals surface area contributed by atoms with Crippen LogP contribution >= 0.6 is 0 Å². The topological polar surface area (TPSA) is 152 Å². The van der Waals surface area contributed by atoms with Gasteiger partial charge in [-0.25, -0.2) is 0 Å². The van der Waals surface area contributed by atoms with Crippen LogP contribution in [0.3, 0.4) is 0 Å². The molecular formula is C59H98O10. The highest BCUT2D eigenvalue weighted by Crippen LogP contribution is 2.23. The van der Waals surface area contributed by atoms with Gasteiger partial charge in [-0.2, -0.15) is 0 Å². The summed E-state index contributed by atoms with van der Waals surface area (Å²) in [7, 11) is 0. The number of unbranched alkanes of at least 4 members (excludes halogenated alkanes) is 18. The molecule has 10 nitrogen and oxygen atoms in total. The molecule has 6 atom stereocenters. The van der Waals surface area contributed by atoms with Gasteiger partial charge in [0.05, 0.1) is 13.2 Å². The average molecular weight is 967 g/mol. The highest BCUT2D eigenvalue weighted by atomic mass is 16.7. The van der Waals surface area contributed by atoms with Crippen LogP contribution in [0.15, 0.2) is 97.2 Å². The first-order chi connectivity index (χ1) is 33.8. The Balaban J connectivity index is 2.25. The van der Waals surface area contributed by atoms with E-state index in [1.54, 1.807) is 0 Å². The molecule has 0 amide bonds. The molecule has 1 aliphatic rings. The van der Waals surface area contributed by atoms with Crippen molar-refractivity contribution in [3.8, 4) is 0 Å².